The van der Waals surface area contributed by atoms with E-state index in [4.69, 9.17) is 0 Å². The second kappa shape index (κ2) is 5.32. The molecule has 0 N–H and O–H groups in total. The summed E-state index contributed by atoms with van der Waals surface area (Å²) in [4.78, 5) is 18.2. The van der Waals surface area contributed by atoms with E-state index in [9.17, 15) is 13.2 Å². The highest BCUT2D eigenvalue weighted by Gasteiger charge is 2.38. The van der Waals surface area contributed by atoms with Gasteiger partial charge in [0, 0.05) is 18.3 Å². The third-order valence-electron chi connectivity index (χ3n) is 3.50. The zero-order valence-corrected chi connectivity index (χ0v) is 12.5. The summed E-state index contributed by atoms with van der Waals surface area (Å²) >= 11 is 0. The molecule has 0 aliphatic carbocycles. The van der Waals surface area contributed by atoms with E-state index in [1.54, 1.807) is 18.3 Å². The number of aromatic nitrogens is 1. The lowest BCUT2D eigenvalue weighted by atomic mass is 9.97. The molecule has 1 fully saturated rings. The first-order valence-corrected chi connectivity index (χ1v) is 7.42. The van der Waals surface area contributed by atoms with Crippen LogP contribution in [0.5, 0.6) is 0 Å². The highest BCUT2D eigenvalue weighted by atomic mass is 32.2. The molecule has 108 valence electrons. The normalized spacial score (nSPS) is 20.8. The van der Waals surface area contributed by atoms with Crippen LogP contribution in [-0.2, 0) is 10.5 Å². The summed E-state index contributed by atoms with van der Waals surface area (Å²) in [5, 5.41) is 0. The number of hydrogen-bond acceptors (Lipinski definition) is 5. The van der Waals surface area contributed by atoms with E-state index in [0.29, 0.717) is 11.7 Å². The number of hydrogen-bond donors (Lipinski definition) is 0. The zero-order valence-electron chi connectivity index (χ0n) is 11.7. The van der Waals surface area contributed by atoms with Gasteiger partial charge in [-0.1, -0.05) is 11.3 Å². The fourth-order valence-corrected chi connectivity index (χ4v) is 3.09. The molecule has 1 atom stereocenters. The van der Waals surface area contributed by atoms with E-state index in [2.05, 4.69) is 30.1 Å². The van der Waals surface area contributed by atoms with Crippen LogP contribution in [0.4, 0.5) is 5.82 Å². The molecule has 0 spiro atoms. The summed E-state index contributed by atoms with van der Waals surface area (Å²) in [5.74, 6) is 0.207. The SMILES string of the molecule is C[C@@H]1CN(c2ncccc2C(=O)N=S(=O)=O)C(C)(C)C1. The predicted octanol–water partition coefficient (Wildman–Crippen LogP) is 1.91. The van der Waals surface area contributed by atoms with Gasteiger partial charge in [0.05, 0.1) is 5.56 Å². The number of anilines is 1. The van der Waals surface area contributed by atoms with Crippen LogP contribution in [0.3, 0.4) is 0 Å². The van der Waals surface area contributed by atoms with E-state index < -0.39 is 16.4 Å². The fraction of sp³-hybridized carbons (Fsp3) is 0.538. The molecule has 0 saturated carbocycles. The third-order valence-corrected chi connectivity index (χ3v) is 3.82. The van der Waals surface area contributed by atoms with E-state index in [1.807, 2.05) is 4.90 Å². The zero-order chi connectivity index (χ0) is 14.9. The predicted molar refractivity (Wildman–Crippen MR) is 75.1 cm³/mol. The minimum atomic E-state index is -2.75. The molecule has 0 radical (unpaired) electrons. The molecule has 0 unspecified atom stereocenters. The smallest absolute Gasteiger partial charge is 0.319 e. The van der Waals surface area contributed by atoms with Crippen LogP contribution in [0.15, 0.2) is 22.7 Å². The van der Waals surface area contributed by atoms with Gasteiger partial charge in [-0.15, -0.1) is 0 Å². The highest BCUT2D eigenvalue weighted by molar-refractivity contribution is 7.62. The van der Waals surface area contributed by atoms with Crippen LogP contribution in [-0.4, -0.2) is 31.4 Å². The summed E-state index contributed by atoms with van der Waals surface area (Å²) in [6.45, 7) is 7.10. The number of amides is 1. The van der Waals surface area contributed by atoms with Crippen LogP contribution >= 0.6 is 0 Å². The van der Waals surface area contributed by atoms with Crippen LogP contribution in [0.1, 0.15) is 37.6 Å². The summed E-state index contributed by atoms with van der Waals surface area (Å²) in [6.07, 6.45) is 2.58. The van der Waals surface area contributed by atoms with Gasteiger partial charge in [-0.05, 0) is 38.3 Å². The maximum absolute atomic E-state index is 11.9. The van der Waals surface area contributed by atoms with Gasteiger partial charge in [0.15, 0.2) is 0 Å². The summed E-state index contributed by atoms with van der Waals surface area (Å²) in [6, 6.07) is 3.16. The topological polar surface area (TPSA) is 79.7 Å². The van der Waals surface area contributed by atoms with Gasteiger partial charge in [0.25, 0.3) is 5.91 Å². The molecule has 1 aromatic rings. The molecule has 1 amide bonds. The van der Waals surface area contributed by atoms with E-state index >= 15 is 0 Å². The van der Waals surface area contributed by atoms with Crippen molar-refractivity contribution in [2.45, 2.75) is 32.7 Å². The average Bonchev–Trinajstić information content (AvgIpc) is 2.61. The molecular formula is C13H17N3O3S. The lowest BCUT2D eigenvalue weighted by molar-refractivity contribution is 0.100. The van der Waals surface area contributed by atoms with Gasteiger partial charge >= 0.3 is 10.5 Å². The second-order valence-corrected chi connectivity index (χ2v) is 6.34. The van der Waals surface area contributed by atoms with Gasteiger partial charge in [-0.3, -0.25) is 4.79 Å². The Labute approximate surface area is 119 Å². The van der Waals surface area contributed by atoms with E-state index in [0.717, 1.165) is 13.0 Å². The lowest BCUT2D eigenvalue weighted by Crippen LogP contribution is -2.39. The quantitative estimate of drug-likeness (QED) is 0.832. The maximum atomic E-state index is 11.9. The molecule has 1 saturated heterocycles. The molecule has 7 heteroatoms. The van der Waals surface area contributed by atoms with E-state index in [-0.39, 0.29) is 11.1 Å². The van der Waals surface area contributed by atoms with Crippen molar-refractivity contribution < 1.29 is 13.2 Å². The minimum absolute atomic E-state index is 0.126. The van der Waals surface area contributed by atoms with Crippen molar-refractivity contribution in [3.05, 3.63) is 23.9 Å². The highest BCUT2D eigenvalue weighted by Crippen LogP contribution is 2.37. The van der Waals surface area contributed by atoms with Gasteiger partial charge in [-0.2, -0.15) is 8.42 Å². The van der Waals surface area contributed by atoms with Crippen LogP contribution < -0.4 is 4.90 Å². The molecule has 2 heterocycles. The van der Waals surface area contributed by atoms with Crippen molar-refractivity contribution in [1.82, 2.24) is 4.98 Å². The van der Waals surface area contributed by atoms with Crippen molar-refractivity contribution in [1.29, 1.82) is 0 Å². The van der Waals surface area contributed by atoms with Crippen LogP contribution in [0.2, 0.25) is 0 Å². The Bertz CT molecular complexity index is 659. The Morgan fingerprint density at radius 1 is 1.50 bits per heavy atom. The van der Waals surface area contributed by atoms with Crippen molar-refractivity contribution in [2.24, 2.45) is 10.3 Å². The number of rotatable bonds is 2. The third kappa shape index (κ3) is 2.87. The Hall–Kier alpha value is -1.76. The Kier molecular flexibility index (Phi) is 3.89. The standard InChI is InChI=1S/C13H17N3O3S/c1-9-7-13(2,3)16(8-9)11-10(5-4-6-14-11)12(17)15-20(18)19/h4-6,9H,7-8H2,1-3H3/t9-/m0/s1. The first-order valence-electron chi connectivity index (χ1n) is 6.39. The number of carbonyl (C=O) groups is 1. The molecule has 6 nitrogen and oxygen atoms in total. The van der Waals surface area contributed by atoms with Crippen molar-refractivity contribution in [3.63, 3.8) is 0 Å². The van der Waals surface area contributed by atoms with Crippen molar-refractivity contribution in [2.75, 3.05) is 11.4 Å². The average molecular weight is 295 g/mol. The van der Waals surface area contributed by atoms with E-state index in [1.165, 1.54) is 0 Å². The van der Waals surface area contributed by atoms with Gasteiger partial charge in [0.2, 0.25) is 0 Å². The largest absolute Gasteiger partial charge is 0.351 e. The maximum Gasteiger partial charge on any atom is 0.319 e. The first-order chi connectivity index (χ1) is 9.31. The number of pyridine rings is 1. The lowest BCUT2D eigenvalue weighted by Gasteiger charge is -2.33. The summed E-state index contributed by atoms with van der Waals surface area (Å²) < 4.78 is 24.2. The first kappa shape index (κ1) is 14.6. The minimum Gasteiger partial charge on any atom is -0.351 e. The Morgan fingerprint density at radius 3 is 2.75 bits per heavy atom. The molecule has 1 aromatic heterocycles. The summed E-state index contributed by atoms with van der Waals surface area (Å²) in [7, 11) is -2.75. The van der Waals surface area contributed by atoms with Crippen LogP contribution in [0, 0.1) is 5.92 Å². The number of carbonyl (C=O) groups excluding carboxylic acids is 1. The molecule has 0 aromatic carbocycles. The molecule has 2 rings (SSSR count). The van der Waals surface area contributed by atoms with Gasteiger partial charge < -0.3 is 4.90 Å². The van der Waals surface area contributed by atoms with Crippen molar-refractivity contribution in [3.8, 4) is 0 Å². The van der Waals surface area contributed by atoms with Crippen molar-refractivity contribution >= 4 is 22.2 Å². The number of nitrogens with zero attached hydrogens (tertiary/aromatic N) is 3. The second-order valence-electron chi connectivity index (χ2n) is 5.72. The Balaban J connectivity index is 2.48. The molecule has 0 bridgehead atoms. The van der Waals surface area contributed by atoms with Gasteiger partial charge in [0.1, 0.15) is 5.82 Å². The molecule has 1 aliphatic heterocycles. The molecule has 20 heavy (non-hydrogen) atoms. The van der Waals surface area contributed by atoms with Gasteiger partial charge in [-0.25, -0.2) is 4.98 Å². The fourth-order valence-electron chi connectivity index (χ4n) is 2.86. The molecular weight excluding hydrogens is 278 g/mol. The molecule has 1 aliphatic rings. The van der Waals surface area contributed by atoms with Crippen LogP contribution in [0.25, 0.3) is 0 Å². The summed E-state index contributed by atoms with van der Waals surface area (Å²) in [5.41, 5.74) is 0.0956. The Morgan fingerprint density at radius 2 is 2.20 bits per heavy atom. The monoisotopic (exact) mass is 295 g/mol.